The standard InChI is InChI=1S/C14H12FNO3/c1-8(14(18)19)16-13(17)11-6-7-12(15)10-5-3-2-4-9(10)11/h2-8H,1H3,(H,16,17)(H,18,19)/t8-/m0/s1. The van der Waals surface area contributed by atoms with Crippen molar-refractivity contribution in [2.75, 3.05) is 0 Å². The van der Waals surface area contributed by atoms with Gasteiger partial charge in [-0.15, -0.1) is 0 Å². The highest BCUT2D eigenvalue weighted by Gasteiger charge is 2.17. The highest BCUT2D eigenvalue weighted by molar-refractivity contribution is 6.08. The maximum atomic E-state index is 13.6. The summed E-state index contributed by atoms with van der Waals surface area (Å²) < 4.78 is 13.6. The fourth-order valence-corrected chi connectivity index (χ4v) is 1.80. The minimum atomic E-state index is -1.13. The highest BCUT2D eigenvalue weighted by atomic mass is 19.1. The number of carboxylic acids is 1. The summed E-state index contributed by atoms with van der Waals surface area (Å²) in [5.41, 5.74) is 0.255. The lowest BCUT2D eigenvalue weighted by molar-refractivity contribution is -0.138. The molecule has 0 aromatic heterocycles. The van der Waals surface area contributed by atoms with Gasteiger partial charge >= 0.3 is 5.97 Å². The van der Waals surface area contributed by atoms with E-state index in [-0.39, 0.29) is 5.56 Å². The first-order valence-corrected chi connectivity index (χ1v) is 5.71. The van der Waals surface area contributed by atoms with Gasteiger partial charge in [0.25, 0.3) is 5.91 Å². The molecule has 0 heterocycles. The van der Waals surface area contributed by atoms with Gasteiger partial charge in [-0.1, -0.05) is 24.3 Å². The van der Waals surface area contributed by atoms with E-state index in [4.69, 9.17) is 5.11 Å². The molecule has 2 N–H and O–H groups in total. The smallest absolute Gasteiger partial charge is 0.325 e. The number of carbonyl (C=O) groups excluding carboxylic acids is 1. The van der Waals surface area contributed by atoms with E-state index >= 15 is 0 Å². The minimum absolute atomic E-state index is 0.255. The van der Waals surface area contributed by atoms with Crippen molar-refractivity contribution in [3.05, 3.63) is 47.8 Å². The summed E-state index contributed by atoms with van der Waals surface area (Å²) in [6.45, 7) is 1.37. The van der Waals surface area contributed by atoms with Gasteiger partial charge in [0, 0.05) is 10.9 Å². The van der Waals surface area contributed by atoms with Crippen molar-refractivity contribution in [2.45, 2.75) is 13.0 Å². The molecule has 0 unspecified atom stereocenters. The lowest BCUT2D eigenvalue weighted by Gasteiger charge is -2.11. The Labute approximate surface area is 108 Å². The predicted molar refractivity (Wildman–Crippen MR) is 68.5 cm³/mol. The first-order valence-electron chi connectivity index (χ1n) is 5.71. The van der Waals surface area contributed by atoms with E-state index in [1.54, 1.807) is 24.3 Å². The van der Waals surface area contributed by atoms with Gasteiger partial charge in [-0.2, -0.15) is 0 Å². The summed E-state index contributed by atoms with van der Waals surface area (Å²) in [6, 6.07) is 8.10. The predicted octanol–water partition coefficient (Wildman–Crippen LogP) is 2.18. The molecule has 0 saturated heterocycles. The van der Waals surface area contributed by atoms with Crippen LogP contribution in [0.5, 0.6) is 0 Å². The summed E-state index contributed by atoms with van der Waals surface area (Å²) >= 11 is 0. The van der Waals surface area contributed by atoms with E-state index in [0.29, 0.717) is 10.8 Å². The van der Waals surface area contributed by atoms with E-state index in [0.717, 1.165) is 0 Å². The molecule has 2 aromatic rings. The topological polar surface area (TPSA) is 66.4 Å². The van der Waals surface area contributed by atoms with Crippen molar-refractivity contribution >= 4 is 22.6 Å². The zero-order chi connectivity index (χ0) is 14.0. The highest BCUT2D eigenvalue weighted by Crippen LogP contribution is 2.21. The molecule has 0 bridgehead atoms. The monoisotopic (exact) mass is 261 g/mol. The van der Waals surface area contributed by atoms with Crippen molar-refractivity contribution in [3.63, 3.8) is 0 Å². The van der Waals surface area contributed by atoms with Crippen molar-refractivity contribution in [2.24, 2.45) is 0 Å². The van der Waals surface area contributed by atoms with Crippen LogP contribution in [0.25, 0.3) is 10.8 Å². The summed E-state index contributed by atoms with van der Waals surface area (Å²) in [6.07, 6.45) is 0. The minimum Gasteiger partial charge on any atom is -0.480 e. The number of nitrogens with one attached hydrogen (secondary N) is 1. The van der Waals surface area contributed by atoms with Crippen LogP contribution in [0.3, 0.4) is 0 Å². The zero-order valence-corrected chi connectivity index (χ0v) is 10.2. The van der Waals surface area contributed by atoms with Crippen molar-refractivity contribution in [3.8, 4) is 0 Å². The number of aliphatic carboxylic acids is 1. The Bertz CT molecular complexity index is 654. The number of carboxylic acid groups (broad SMARTS) is 1. The molecule has 1 atom stereocenters. The Balaban J connectivity index is 2.43. The maximum absolute atomic E-state index is 13.6. The van der Waals surface area contributed by atoms with Crippen LogP contribution < -0.4 is 5.32 Å². The van der Waals surface area contributed by atoms with Gasteiger partial charge in [-0.25, -0.2) is 4.39 Å². The fourth-order valence-electron chi connectivity index (χ4n) is 1.80. The average Bonchev–Trinajstić information content (AvgIpc) is 2.39. The Hall–Kier alpha value is -2.43. The van der Waals surface area contributed by atoms with Crippen LogP contribution in [0, 0.1) is 5.82 Å². The van der Waals surface area contributed by atoms with Gasteiger partial charge in [-0.3, -0.25) is 9.59 Å². The van der Waals surface area contributed by atoms with Gasteiger partial charge in [-0.05, 0) is 24.4 Å². The molecule has 4 nitrogen and oxygen atoms in total. The molecular weight excluding hydrogens is 249 g/mol. The van der Waals surface area contributed by atoms with Crippen LogP contribution in [0.1, 0.15) is 17.3 Å². The Kier molecular flexibility index (Phi) is 3.46. The Morgan fingerprint density at radius 3 is 2.42 bits per heavy atom. The summed E-state index contributed by atoms with van der Waals surface area (Å²) in [7, 11) is 0. The summed E-state index contributed by atoms with van der Waals surface area (Å²) in [4.78, 5) is 22.7. The number of carbonyl (C=O) groups is 2. The van der Waals surface area contributed by atoms with Gasteiger partial charge in [0.1, 0.15) is 11.9 Å². The van der Waals surface area contributed by atoms with E-state index in [1.165, 1.54) is 19.1 Å². The molecule has 0 aliphatic rings. The van der Waals surface area contributed by atoms with Crippen LogP contribution in [-0.4, -0.2) is 23.0 Å². The van der Waals surface area contributed by atoms with Crippen molar-refractivity contribution in [1.82, 2.24) is 5.32 Å². The number of fused-ring (bicyclic) bond motifs is 1. The number of benzene rings is 2. The molecule has 0 saturated carbocycles. The van der Waals surface area contributed by atoms with Gasteiger partial charge in [0.2, 0.25) is 0 Å². The molecule has 2 aromatic carbocycles. The van der Waals surface area contributed by atoms with Crippen molar-refractivity contribution < 1.29 is 19.1 Å². The first kappa shape index (κ1) is 13.0. The molecule has 5 heteroatoms. The molecular formula is C14H12FNO3. The third-order valence-electron chi connectivity index (χ3n) is 2.83. The van der Waals surface area contributed by atoms with Crippen LogP contribution in [-0.2, 0) is 4.79 Å². The van der Waals surface area contributed by atoms with E-state index in [9.17, 15) is 14.0 Å². The molecule has 0 aliphatic carbocycles. The molecule has 0 fully saturated rings. The molecule has 2 rings (SSSR count). The quantitative estimate of drug-likeness (QED) is 0.890. The zero-order valence-electron chi connectivity index (χ0n) is 10.2. The number of amides is 1. The molecule has 0 radical (unpaired) electrons. The normalized spacial score (nSPS) is 12.1. The molecule has 19 heavy (non-hydrogen) atoms. The maximum Gasteiger partial charge on any atom is 0.325 e. The van der Waals surface area contributed by atoms with E-state index in [2.05, 4.69) is 5.32 Å². The Morgan fingerprint density at radius 1 is 1.16 bits per heavy atom. The largest absolute Gasteiger partial charge is 0.480 e. The fraction of sp³-hybridized carbons (Fsp3) is 0.143. The Morgan fingerprint density at radius 2 is 1.79 bits per heavy atom. The van der Waals surface area contributed by atoms with Crippen LogP contribution in [0.15, 0.2) is 36.4 Å². The molecule has 0 spiro atoms. The second-order valence-corrected chi connectivity index (χ2v) is 4.17. The lowest BCUT2D eigenvalue weighted by Crippen LogP contribution is -2.38. The average molecular weight is 261 g/mol. The summed E-state index contributed by atoms with van der Waals surface area (Å²) in [5.74, 6) is -2.08. The second kappa shape index (κ2) is 5.06. The van der Waals surface area contributed by atoms with Gasteiger partial charge < -0.3 is 10.4 Å². The first-order chi connectivity index (χ1) is 9.00. The lowest BCUT2D eigenvalue weighted by atomic mass is 10.0. The van der Waals surface area contributed by atoms with Crippen LogP contribution >= 0.6 is 0 Å². The third kappa shape index (κ3) is 2.54. The molecule has 0 aliphatic heterocycles. The van der Waals surface area contributed by atoms with Gasteiger partial charge in [0.15, 0.2) is 0 Å². The number of halogens is 1. The van der Waals surface area contributed by atoms with Crippen LogP contribution in [0.2, 0.25) is 0 Å². The second-order valence-electron chi connectivity index (χ2n) is 4.17. The van der Waals surface area contributed by atoms with Crippen molar-refractivity contribution in [1.29, 1.82) is 0 Å². The number of rotatable bonds is 3. The van der Waals surface area contributed by atoms with Gasteiger partial charge in [0.05, 0.1) is 0 Å². The SMILES string of the molecule is C[C@H](NC(=O)c1ccc(F)c2ccccc12)C(=O)O. The van der Waals surface area contributed by atoms with E-state index in [1.807, 2.05) is 0 Å². The molecule has 1 amide bonds. The van der Waals surface area contributed by atoms with E-state index < -0.39 is 23.7 Å². The number of hydrogen-bond acceptors (Lipinski definition) is 2. The van der Waals surface area contributed by atoms with Crippen LogP contribution in [0.4, 0.5) is 4.39 Å². The third-order valence-corrected chi connectivity index (χ3v) is 2.83. The summed E-state index contributed by atoms with van der Waals surface area (Å²) in [5, 5.41) is 11.9. The molecule has 98 valence electrons. The number of hydrogen-bond donors (Lipinski definition) is 2.